The zero-order chi connectivity index (χ0) is 36.1. The van der Waals surface area contributed by atoms with Gasteiger partial charge in [0.15, 0.2) is 0 Å². The van der Waals surface area contributed by atoms with E-state index >= 15 is 0 Å². The quantitative estimate of drug-likeness (QED) is 0.136. The molecule has 3 heterocycles. The van der Waals surface area contributed by atoms with Gasteiger partial charge in [0.25, 0.3) is 0 Å². The van der Waals surface area contributed by atoms with Crippen LogP contribution in [0.4, 0.5) is 27.9 Å². The molecule has 0 aliphatic carbocycles. The van der Waals surface area contributed by atoms with Gasteiger partial charge in [-0.25, -0.2) is 19.4 Å². The maximum atomic E-state index is 13.4. The summed E-state index contributed by atoms with van der Waals surface area (Å²) in [6, 6.07) is 24.7. The van der Waals surface area contributed by atoms with Crippen molar-refractivity contribution in [1.82, 2.24) is 29.6 Å². The Balaban J connectivity index is 1.14. The Morgan fingerprint density at radius 2 is 1.61 bits per heavy atom. The van der Waals surface area contributed by atoms with Crippen LogP contribution in [-0.4, -0.2) is 55.7 Å². The number of urea groups is 1. The minimum Gasteiger partial charge on any atom is -0.488 e. The smallest absolute Gasteiger partial charge is 0.324 e. The van der Waals surface area contributed by atoms with Gasteiger partial charge in [0.2, 0.25) is 5.91 Å². The second-order valence-corrected chi connectivity index (χ2v) is 13.5. The molecule has 12 heteroatoms. The molecule has 3 aromatic carbocycles. The summed E-state index contributed by atoms with van der Waals surface area (Å²) in [4.78, 5) is 40.0. The number of carbonyl (C=O) groups excluding carboxylic acids is 2. The SMILES string of the molecule is Cc1ccc(-n2nc(C(C)(C)C)cc2NC(=O)Nc2ccc(OCc3ccnc(Nc4cnc(CC(=O)N(C)C)cn4)c3)c3ccccc23)cc1. The number of benzene rings is 3. The first kappa shape index (κ1) is 34.6. The van der Waals surface area contributed by atoms with Crippen LogP contribution in [-0.2, 0) is 23.2 Å². The molecule has 3 N–H and O–H groups in total. The van der Waals surface area contributed by atoms with Crippen LogP contribution in [0.5, 0.6) is 5.75 Å². The maximum Gasteiger partial charge on any atom is 0.324 e. The lowest BCUT2D eigenvalue weighted by Crippen LogP contribution is -2.23. The molecule has 0 radical (unpaired) electrons. The van der Waals surface area contributed by atoms with Crippen molar-refractivity contribution in [3.05, 3.63) is 120 Å². The van der Waals surface area contributed by atoms with Crippen LogP contribution in [0, 0.1) is 6.92 Å². The molecule has 0 aliphatic heterocycles. The monoisotopic (exact) mass is 683 g/mol. The third kappa shape index (κ3) is 8.47. The third-order valence-electron chi connectivity index (χ3n) is 8.14. The number of ether oxygens (including phenoxy) is 1. The minimum atomic E-state index is -0.388. The summed E-state index contributed by atoms with van der Waals surface area (Å²) >= 11 is 0. The number of nitrogens with zero attached hydrogens (tertiary/aromatic N) is 6. The molecule has 12 nitrogen and oxygen atoms in total. The highest BCUT2D eigenvalue weighted by molar-refractivity contribution is 6.07. The summed E-state index contributed by atoms with van der Waals surface area (Å²) in [5.41, 5.74) is 4.76. The van der Waals surface area contributed by atoms with Crippen LogP contribution in [0.1, 0.15) is 43.3 Å². The van der Waals surface area contributed by atoms with E-state index in [9.17, 15) is 9.59 Å². The van der Waals surface area contributed by atoms with Crippen LogP contribution in [0.2, 0.25) is 0 Å². The lowest BCUT2D eigenvalue weighted by Gasteiger charge is -2.15. The van der Waals surface area contributed by atoms with Crippen LogP contribution in [0.25, 0.3) is 16.5 Å². The molecule has 260 valence electrons. The number of carbonyl (C=O) groups is 2. The minimum absolute atomic E-state index is 0.0448. The fourth-order valence-electron chi connectivity index (χ4n) is 5.24. The number of amides is 3. The van der Waals surface area contributed by atoms with Gasteiger partial charge in [-0.3, -0.25) is 15.1 Å². The van der Waals surface area contributed by atoms with E-state index in [-0.39, 0.29) is 30.4 Å². The fourth-order valence-corrected chi connectivity index (χ4v) is 5.24. The number of rotatable bonds is 10. The lowest BCUT2D eigenvalue weighted by atomic mass is 9.92. The Morgan fingerprint density at radius 1 is 0.843 bits per heavy atom. The molecule has 0 atom stereocenters. The topological polar surface area (TPSA) is 139 Å². The Hall–Kier alpha value is -6.30. The molecule has 51 heavy (non-hydrogen) atoms. The number of anilines is 4. The standard InChI is InChI=1S/C39H41N9O3/c1-25-11-13-28(14-12-25)48-36(21-33(46-48)39(2,3)4)45-38(50)43-31-15-16-32(30-10-8-7-9-29(30)31)51-24-26-17-18-40-34(19-26)44-35-23-41-27(22-42-35)20-37(49)47(5)6/h7-19,21-23H,20,24H2,1-6H3,(H,40,42,44)(H2,43,45,50). The van der Waals surface area contributed by atoms with E-state index in [1.165, 1.54) is 4.90 Å². The molecule has 3 amide bonds. The van der Waals surface area contributed by atoms with Gasteiger partial charge in [-0.15, -0.1) is 0 Å². The van der Waals surface area contributed by atoms with E-state index in [0.29, 0.717) is 34.6 Å². The van der Waals surface area contributed by atoms with Crippen molar-refractivity contribution in [1.29, 1.82) is 0 Å². The highest BCUT2D eigenvalue weighted by Crippen LogP contribution is 2.33. The van der Waals surface area contributed by atoms with Gasteiger partial charge in [0, 0.05) is 42.5 Å². The molecule has 6 rings (SSSR count). The van der Waals surface area contributed by atoms with Crippen molar-refractivity contribution in [3.63, 3.8) is 0 Å². The predicted molar refractivity (Wildman–Crippen MR) is 200 cm³/mol. The molecule has 0 aliphatic rings. The summed E-state index contributed by atoms with van der Waals surface area (Å²) in [6.07, 6.45) is 5.03. The molecule has 0 unspecified atom stereocenters. The van der Waals surface area contributed by atoms with Gasteiger partial charge >= 0.3 is 6.03 Å². The lowest BCUT2D eigenvalue weighted by molar-refractivity contribution is -0.128. The Labute approximate surface area is 296 Å². The Bertz CT molecular complexity index is 2170. The average molecular weight is 684 g/mol. The van der Waals surface area contributed by atoms with E-state index in [0.717, 1.165) is 33.3 Å². The second-order valence-electron chi connectivity index (χ2n) is 13.5. The van der Waals surface area contributed by atoms with Gasteiger partial charge < -0.3 is 20.3 Å². The van der Waals surface area contributed by atoms with Crippen molar-refractivity contribution in [2.75, 3.05) is 30.0 Å². The average Bonchev–Trinajstić information content (AvgIpc) is 3.53. The highest BCUT2D eigenvalue weighted by atomic mass is 16.5. The molecule has 0 bridgehead atoms. The summed E-state index contributed by atoms with van der Waals surface area (Å²) in [5, 5.41) is 15.7. The van der Waals surface area contributed by atoms with Crippen molar-refractivity contribution in [2.45, 2.75) is 46.1 Å². The van der Waals surface area contributed by atoms with Gasteiger partial charge in [-0.1, -0.05) is 62.7 Å². The van der Waals surface area contributed by atoms with E-state index < -0.39 is 0 Å². The summed E-state index contributed by atoms with van der Waals surface area (Å²) in [5.74, 6) is 2.28. The van der Waals surface area contributed by atoms with Crippen molar-refractivity contribution >= 4 is 45.9 Å². The van der Waals surface area contributed by atoms with Crippen LogP contribution >= 0.6 is 0 Å². The van der Waals surface area contributed by atoms with Gasteiger partial charge in [0.1, 0.15) is 29.8 Å². The molecule has 0 saturated carbocycles. The molecule has 6 aromatic rings. The first-order valence-corrected chi connectivity index (χ1v) is 16.6. The number of hydrogen-bond donors (Lipinski definition) is 3. The maximum absolute atomic E-state index is 13.4. The van der Waals surface area contributed by atoms with Gasteiger partial charge in [-0.05, 0) is 48.9 Å². The van der Waals surface area contributed by atoms with Gasteiger partial charge in [-0.2, -0.15) is 5.10 Å². The zero-order valence-electron chi connectivity index (χ0n) is 29.6. The number of nitrogens with one attached hydrogen (secondary N) is 3. The van der Waals surface area contributed by atoms with E-state index in [1.807, 2.05) is 85.8 Å². The van der Waals surface area contributed by atoms with Crippen LogP contribution in [0.15, 0.2) is 97.5 Å². The van der Waals surface area contributed by atoms with E-state index in [1.54, 1.807) is 37.4 Å². The zero-order valence-corrected chi connectivity index (χ0v) is 29.6. The van der Waals surface area contributed by atoms with Gasteiger partial charge in [0.05, 0.1) is 41.6 Å². The van der Waals surface area contributed by atoms with Crippen molar-refractivity contribution in [3.8, 4) is 11.4 Å². The number of pyridine rings is 1. The highest BCUT2D eigenvalue weighted by Gasteiger charge is 2.22. The van der Waals surface area contributed by atoms with Crippen molar-refractivity contribution < 1.29 is 14.3 Å². The summed E-state index contributed by atoms with van der Waals surface area (Å²) < 4.78 is 8.04. The van der Waals surface area contributed by atoms with E-state index in [2.05, 4.69) is 51.7 Å². The normalized spacial score (nSPS) is 11.3. The third-order valence-corrected chi connectivity index (χ3v) is 8.14. The largest absolute Gasteiger partial charge is 0.488 e. The van der Waals surface area contributed by atoms with E-state index in [4.69, 9.17) is 9.84 Å². The number of aromatic nitrogens is 5. The molecular formula is C39H41N9O3. The molecule has 0 spiro atoms. The van der Waals surface area contributed by atoms with Crippen LogP contribution < -0.4 is 20.7 Å². The number of aryl methyl sites for hydroxylation is 1. The van der Waals surface area contributed by atoms with Crippen LogP contribution in [0.3, 0.4) is 0 Å². The first-order chi connectivity index (χ1) is 24.4. The number of likely N-dealkylation sites (N-methyl/N-ethyl adjacent to an activating group) is 1. The van der Waals surface area contributed by atoms with Crippen molar-refractivity contribution in [2.24, 2.45) is 0 Å². The number of fused-ring (bicyclic) bond motifs is 1. The summed E-state index contributed by atoms with van der Waals surface area (Å²) in [6.45, 7) is 8.59. The first-order valence-electron chi connectivity index (χ1n) is 16.6. The molecule has 3 aromatic heterocycles. The molecule has 0 saturated heterocycles. The summed E-state index contributed by atoms with van der Waals surface area (Å²) in [7, 11) is 3.41. The fraction of sp³-hybridized carbons (Fsp3) is 0.231. The molecular weight excluding hydrogens is 642 g/mol. The predicted octanol–water partition coefficient (Wildman–Crippen LogP) is 7.41. The number of hydrogen-bond acceptors (Lipinski definition) is 8. The Morgan fingerprint density at radius 3 is 2.31 bits per heavy atom. The molecule has 0 fully saturated rings. The Kier molecular flexibility index (Phi) is 9.94. The second kappa shape index (κ2) is 14.7.